The molecule has 0 aromatic carbocycles. The summed E-state index contributed by atoms with van der Waals surface area (Å²) in [7, 11) is 0. The van der Waals surface area contributed by atoms with Crippen molar-refractivity contribution in [2.75, 3.05) is 0 Å². The van der Waals surface area contributed by atoms with Crippen molar-refractivity contribution in [3.05, 3.63) is 0 Å². The van der Waals surface area contributed by atoms with Crippen LogP contribution >= 0.6 is 0 Å². The predicted octanol–water partition coefficient (Wildman–Crippen LogP) is 3.57. The first-order valence-corrected chi connectivity index (χ1v) is 7.87. The third kappa shape index (κ3) is 0.679. The third-order valence-corrected chi connectivity index (χ3v) is 7.75. The standard InChI is InChI=1S/C16H22O/c17-14-8-3-9-15-10-4-1-6-12(10)16(14,15)13-7-2-5-11(13)15/h10-13H,1-9H2. The summed E-state index contributed by atoms with van der Waals surface area (Å²) in [5.74, 6) is 4.36. The van der Waals surface area contributed by atoms with E-state index in [1.54, 1.807) is 0 Å². The molecule has 0 radical (unpaired) electrons. The van der Waals surface area contributed by atoms with Crippen LogP contribution in [0, 0.1) is 34.5 Å². The molecule has 0 N–H and O–H groups in total. The molecule has 4 atom stereocenters. The van der Waals surface area contributed by atoms with E-state index < -0.39 is 0 Å². The fraction of sp³-hybridized carbons (Fsp3) is 0.938. The van der Waals surface area contributed by atoms with Gasteiger partial charge in [-0.2, -0.15) is 0 Å². The molecule has 4 unspecified atom stereocenters. The van der Waals surface area contributed by atoms with E-state index in [-0.39, 0.29) is 5.41 Å². The summed E-state index contributed by atoms with van der Waals surface area (Å²) >= 11 is 0. The highest BCUT2D eigenvalue weighted by Crippen LogP contribution is 2.89. The van der Waals surface area contributed by atoms with Crippen molar-refractivity contribution in [3.63, 3.8) is 0 Å². The number of hydrogen-bond donors (Lipinski definition) is 0. The van der Waals surface area contributed by atoms with Crippen molar-refractivity contribution >= 4 is 5.78 Å². The van der Waals surface area contributed by atoms with E-state index in [1.165, 1.54) is 51.4 Å². The van der Waals surface area contributed by atoms with Gasteiger partial charge in [0.15, 0.2) is 0 Å². The lowest BCUT2D eigenvalue weighted by Gasteiger charge is -2.82. The van der Waals surface area contributed by atoms with Gasteiger partial charge in [0.1, 0.15) is 5.78 Å². The number of Topliss-reactive ketones (excluding diaryl/α,β-unsaturated/α-hetero) is 1. The molecular weight excluding hydrogens is 208 g/mol. The summed E-state index contributed by atoms with van der Waals surface area (Å²) in [5, 5.41) is 0. The van der Waals surface area contributed by atoms with Crippen LogP contribution in [0.3, 0.4) is 0 Å². The van der Waals surface area contributed by atoms with Gasteiger partial charge in [-0.15, -0.1) is 0 Å². The van der Waals surface area contributed by atoms with Gasteiger partial charge < -0.3 is 0 Å². The second-order valence-corrected chi connectivity index (χ2v) is 7.47. The number of rotatable bonds is 0. The third-order valence-electron chi connectivity index (χ3n) is 7.75. The maximum absolute atomic E-state index is 12.7. The summed E-state index contributed by atoms with van der Waals surface area (Å²) in [5.41, 5.74) is 0.818. The topological polar surface area (TPSA) is 17.1 Å². The highest BCUT2D eigenvalue weighted by Gasteiger charge is 2.87. The maximum Gasteiger partial charge on any atom is 0.140 e. The van der Waals surface area contributed by atoms with E-state index in [0.717, 1.165) is 35.9 Å². The minimum absolute atomic E-state index is 0.258. The molecule has 17 heavy (non-hydrogen) atoms. The molecule has 92 valence electrons. The highest BCUT2D eigenvalue weighted by molar-refractivity contribution is 5.91. The fourth-order valence-electron chi connectivity index (χ4n) is 7.90. The monoisotopic (exact) mass is 230 g/mol. The Labute approximate surface area is 103 Å². The Kier molecular flexibility index (Phi) is 1.49. The number of fused-ring (bicyclic) bond motifs is 2. The smallest absolute Gasteiger partial charge is 0.140 e. The molecule has 5 fully saturated rings. The molecule has 5 aliphatic carbocycles. The van der Waals surface area contributed by atoms with Crippen molar-refractivity contribution in [2.45, 2.75) is 57.8 Å². The van der Waals surface area contributed by atoms with Crippen LogP contribution in [0.15, 0.2) is 0 Å². The van der Waals surface area contributed by atoms with Crippen LogP contribution in [0.1, 0.15) is 57.8 Å². The second kappa shape index (κ2) is 2.65. The summed E-state index contributed by atoms with van der Waals surface area (Å²) in [6.45, 7) is 0. The number of hydrogen-bond acceptors (Lipinski definition) is 1. The number of carbonyl (C=O) groups excluding carboxylic acids is 1. The largest absolute Gasteiger partial charge is 0.299 e. The van der Waals surface area contributed by atoms with Crippen LogP contribution in [-0.2, 0) is 4.79 Å². The van der Waals surface area contributed by atoms with E-state index in [9.17, 15) is 4.79 Å². The molecule has 0 heterocycles. The zero-order valence-corrected chi connectivity index (χ0v) is 10.6. The quantitative estimate of drug-likeness (QED) is 0.621. The van der Waals surface area contributed by atoms with E-state index in [0.29, 0.717) is 5.41 Å². The lowest BCUT2D eigenvalue weighted by molar-refractivity contribution is -0.339. The van der Waals surface area contributed by atoms with Gasteiger partial charge in [-0.3, -0.25) is 4.79 Å². The molecule has 5 rings (SSSR count). The van der Waals surface area contributed by atoms with Gasteiger partial charge >= 0.3 is 0 Å². The lowest BCUT2D eigenvalue weighted by atomic mass is 9.20. The van der Waals surface area contributed by atoms with Crippen molar-refractivity contribution in [1.82, 2.24) is 0 Å². The molecule has 1 heteroatoms. The van der Waals surface area contributed by atoms with Crippen LogP contribution < -0.4 is 0 Å². The molecular formula is C16H22O. The van der Waals surface area contributed by atoms with Gasteiger partial charge in [-0.1, -0.05) is 12.8 Å². The van der Waals surface area contributed by atoms with Gasteiger partial charge in [-0.25, -0.2) is 0 Å². The summed E-state index contributed by atoms with van der Waals surface area (Å²) in [6, 6.07) is 0. The normalized spacial score (nSPS) is 62.9. The van der Waals surface area contributed by atoms with Gasteiger partial charge in [0.05, 0.1) is 0 Å². The Balaban J connectivity index is 1.70. The molecule has 0 bridgehead atoms. The molecule has 0 aromatic rings. The van der Waals surface area contributed by atoms with Crippen molar-refractivity contribution in [3.8, 4) is 0 Å². The van der Waals surface area contributed by atoms with Gasteiger partial charge in [-0.05, 0) is 67.6 Å². The zero-order valence-electron chi connectivity index (χ0n) is 10.6. The minimum atomic E-state index is 0.258. The average molecular weight is 230 g/mol. The molecule has 5 aliphatic rings. The van der Waals surface area contributed by atoms with E-state index in [1.807, 2.05) is 0 Å². The molecule has 5 saturated carbocycles. The van der Waals surface area contributed by atoms with Gasteiger partial charge in [0, 0.05) is 11.8 Å². The number of ketones is 1. The summed E-state index contributed by atoms with van der Waals surface area (Å²) in [6.07, 6.45) is 12.1. The lowest BCUT2D eigenvalue weighted by Crippen LogP contribution is -2.82. The first-order valence-electron chi connectivity index (χ1n) is 7.87. The van der Waals surface area contributed by atoms with E-state index in [4.69, 9.17) is 0 Å². The van der Waals surface area contributed by atoms with Crippen LogP contribution in [0.4, 0.5) is 0 Å². The Morgan fingerprint density at radius 3 is 2.06 bits per heavy atom. The van der Waals surface area contributed by atoms with Crippen molar-refractivity contribution < 1.29 is 4.79 Å². The summed E-state index contributed by atoms with van der Waals surface area (Å²) < 4.78 is 0. The Morgan fingerprint density at radius 1 is 0.824 bits per heavy atom. The van der Waals surface area contributed by atoms with Crippen LogP contribution in [0.2, 0.25) is 0 Å². The van der Waals surface area contributed by atoms with Crippen molar-refractivity contribution in [2.24, 2.45) is 34.5 Å². The average Bonchev–Trinajstić information content (AvgIpc) is 2.91. The molecule has 0 aromatic heterocycles. The van der Waals surface area contributed by atoms with Crippen LogP contribution in [0.25, 0.3) is 0 Å². The maximum atomic E-state index is 12.7. The predicted molar refractivity (Wildman–Crippen MR) is 65.4 cm³/mol. The Bertz CT molecular complexity index is 388. The minimum Gasteiger partial charge on any atom is -0.299 e. The highest BCUT2D eigenvalue weighted by atomic mass is 16.1. The van der Waals surface area contributed by atoms with Crippen LogP contribution in [-0.4, -0.2) is 5.78 Å². The Hall–Kier alpha value is -0.330. The van der Waals surface area contributed by atoms with Crippen LogP contribution in [0.5, 0.6) is 0 Å². The zero-order chi connectivity index (χ0) is 11.3. The van der Waals surface area contributed by atoms with E-state index >= 15 is 0 Å². The molecule has 1 nitrogen and oxygen atoms in total. The first kappa shape index (κ1) is 9.58. The number of carbonyl (C=O) groups is 1. The molecule has 0 aliphatic heterocycles. The second-order valence-electron chi connectivity index (χ2n) is 7.47. The molecule has 0 saturated heterocycles. The molecule has 0 spiro atoms. The fourth-order valence-corrected chi connectivity index (χ4v) is 7.90. The van der Waals surface area contributed by atoms with Gasteiger partial charge in [0.25, 0.3) is 0 Å². The summed E-state index contributed by atoms with van der Waals surface area (Å²) in [4.78, 5) is 12.7. The first-order chi connectivity index (χ1) is 8.33. The van der Waals surface area contributed by atoms with E-state index in [2.05, 4.69) is 0 Å². The SMILES string of the molecule is O=C1CCCC23C4CCCC4C12C1CCCC13. The van der Waals surface area contributed by atoms with Crippen molar-refractivity contribution in [1.29, 1.82) is 0 Å². The Morgan fingerprint density at radius 2 is 1.41 bits per heavy atom. The van der Waals surface area contributed by atoms with Gasteiger partial charge in [0.2, 0.25) is 0 Å². The molecule has 0 amide bonds.